The molecule has 35 heavy (non-hydrogen) atoms. The molecule has 1 heterocycles. The highest BCUT2D eigenvalue weighted by Crippen LogP contribution is 2.39. The summed E-state index contributed by atoms with van der Waals surface area (Å²) in [6.07, 6.45) is 2.49. The summed E-state index contributed by atoms with van der Waals surface area (Å²) in [6.45, 7) is 7.75. The van der Waals surface area contributed by atoms with E-state index in [4.69, 9.17) is 33.4 Å². The molecule has 4 rings (SSSR count). The summed E-state index contributed by atoms with van der Waals surface area (Å²) < 4.78 is 7.05. The summed E-state index contributed by atoms with van der Waals surface area (Å²) in [5.41, 5.74) is 9.69. The molecule has 0 amide bonds. The lowest BCUT2D eigenvalue weighted by Gasteiger charge is -2.43. The van der Waals surface area contributed by atoms with E-state index >= 15 is 0 Å². The lowest BCUT2D eigenvalue weighted by molar-refractivity contribution is 0.302. The van der Waals surface area contributed by atoms with Gasteiger partial charge in [-0.3, -0.25) is 0 Å². The van der Waals surface area contributed by atoms with Gasteiger partial charge in [0.05, 0.1) is 5.02 Å². The van der Waals surface area contributed by atoms with Crippen LogP contribution in [0.3, 0.4) is 0 Å². The number of halogens is 2. The zero-order valence-electron chi connectivity index (χ0n) is 20.4. The highest BCUT2D eigenvalue weighted by Gasteiger charge is 2.50. The zero-order chi connectivity index (χ0) is 25.1. The van der Waals surface area contributed by atoms with Crippen molar-refractivity contribution in [3.8, 4) is 11.1 Å². The number of benzene rings is 3. The van der Waals surface area contributed by atoms with E-state index in [1.54, 1.807) is 0 Å². The van der Waals surface area contributed by atoms with Gasteiger partial charge in [-0.2, -0.15) is 0 Å². The third-order valence-electron chi connectivity index (χ3n) is 6.60. The largest absolute Gasteiger partial charge is 0.407 e. The molecule has 0 aliphatic carbocycles. The summed E-state index contributed by atoms with van der Waals surface area (Å²) in [6, 6.07) is 27.2. The molecule has 0 aliphatic rings. The molecule has 3 aromatic carbocycles. The molecule has 4 aromatic rings. The van der Waals surface area contributed by atoms with E-state index < -0.39 is 8.32 Å². The van der Waals surface area contributed by atoms with Crippen molar-refractivity contribution >= 4 is 41.9 Å². The minimum atomic E-state index is -2.63. The van der Waals surface area contributed by atoms with Gasteiger partial charge < -0.3 is 15.1 Å². The van der Waals surface area contributed by atoms with Gasteiger partial charge in [0.15, 0.2) is 0 Å². The van der Waals surface area contributed by atoms with Gasteiger partial charge in [-0.05, 0) is 39.5 Å². The summed E-state index contributed by atoms with van der Waals surface area (Å²) in [4.78, 5) is 3.20. The maximum atomic E-state index is 7.05. The van der Waals surface area contributed by atoms with Gasteiger partial charge in [-0.15, -0.1) is 0 Å². The van der Waals surface area contributed by atoms with Crippen molar-refractivity contribution in [1.29, 1.82) is 0 Å². The number of aromatic amines is 1. The van der Waals surface area contributed by atoms with Crippen LogP contribution in [0.4, 0.5) is 0 Å². The van der Waals surface area contributed by atoms with Gasteiger partial charge in [-0.25, -0.2) is 0 Å². The third-order valence-corrected chi connectivity index (χ3v) is 12.4. The summed E-state index contributed by atoms with van der Waals surface area (Å²) in [5, 5.41) is 3.72. The number of aromatic nitrogens is 1. The maximum Gasteiger partial charge on any atom is 0.261 e. The predicted molar refractivity (Wildman–Crippen MR) is 151 cm³/mol. The molecule has 0 radical (unpaired) electrons. The lowest BCUT2D eigenvalue weighted by atomic mass is 10.0. The molecule has 0 saturated carbocycles. The van der Waals surface area contributed by atoms with Crippen LogP contribution in [0.25, 0.3) is 11.1 Å². The average Bonchev–Trinajstić information content (AvgIpc) is 3.32. The van der Waals surface area contributed by atoms with Crippen molar-refractivity contribution in [3.05, 3.63) is 106 Å². The van der Waals surface area contributed by atoms with Crippen molar-refractivity contribution < 1.29 is 4.43 Å². The number of hydrogen-bond donors (Lipinski definition) is 2. The molecule has 6 heteroatoms. The highest BCUT2D eigenvalue weighted by atomic mass is 35.5. The van der Waals surface area contributed by atoms with Crippen LogP contribution in [0, 0.1) is 0 Å². The van der Waals surface area contributed by atoms with Gasteiger partial charge >= 0.3 is 0 Å². The first kappa shape index (κ1) is 25.7. The Morgan fingerprint density at radius 3 is 1.97 bits per heavy atom. The number of rotatable bonds is 8. The maximum absolute atomic E-state index is 7.05. The van der Waals surface area contributed by atoms with Crippen molar-refractivity contribution in [2.75, 3.05) is 6.61 Å². The van der Waals surface area contributed by atoms with E-state index in [9.17, 15) is 0 Å². The Labute approximate surface area is 219 Å². The first-order chi connectivity index (χ1) is 16.8. The normalized spacial score (nSPS) is 12.2. The Morgan fingerprint density at radius 2 is 1.43 bits per heavy atom. The number of hydrogen-bond acceptors (Lipinski definition) is 2. The first-order valence-corrected chi connectivity index (χ1v) is 14.5. The van der Waals surface area contributed by atoms with E-state index in [-0.39, 0.29) is 5.04 Å². The fourth-order valence-corrected chi connectivity index (χ4v) is 10.2. The summed E-state index contributed by atoms with van der Waals surface area (Å²) >= 11 is 13.6. The first-order valence-electron chi connectivity index (χ1n) is 11.9. The molecular formula is C29H32Cl2N2OSi. The van der Waals surface area contributed by atoms with Crippen molar-refractivity contribution in [3.63, 3.8) is 0 Å². The van der Waals surface area contributed by atoms with Crippen LogP contribution in [0.2, 0.25) is 15.1 Å². The molecule has 0 aliphatic heterocycles. The van der Waals surface area contributed by atoms with Crippen molar-refractivity contribution in [2.24, 2.45) is 5.73 Å². The summed E-state index contributed by atoms with van der Waals surface area (Å²) in [5.74, 6) is 0. The number of nitrogens with one attached hydrogen (secondary N) is 1. The molecule has 3 nitrogen and oxygen atoms in total. The molecule has 3 N–H and O–H groups in total. The van der Waals surface area contributed by atoms with Crippen LogP contribution < -0.4 is 16.1 Å². The molecule has 0 saturated heterocycles. The van der Waals surface area contributed by atoms with Crippen LogP contribution in [-0.4, -0.2) is 19.9 Å². The molecule has 0 bridgehead atoms. The minimum absolute atomic E-state index is 0.0910. The van der Waals surface area contributed by atoms with E-state index in [1.807, 2.05) is 24.4 Å². The lowest BCUT2D eigenvalue weighted by Crippen LogP contribution is -2.66. The second kappa shape index (κ2) is 10.7. The fraction of sp³-hybridized carbons (Fsp3) is 0.241. The quantitative estimate of drug-likeness (QED) is 0.257. The third kappa shape index (κ3) is 5.00. The van der Waals surface area contributed by atoms with Crippen molar-refractivity contribution in [1.82, 2.24) is 4.98 Å². The molecule has 182 valence electrons. The zero-order valence-corrected chi connectivity index (χ0v) is 23.0. The Bertz CT molecular complexity index is 1230. The van der Waals surface area contributed by atoms with Crippen molar-refractivity contribution in [2.45, 2.75) is 38.8 Å². The van der Waals surface area contributed by atoms with E-state index in [2.05, 4.69) is 86.4 Å². The Balaban J connectivity index is 1.71. The number of nitrogens with two attached hydrogens (primary N) is 1. The fourth-order valence-electron chi connectivity index (χ4n) is 4.93. The molecular weight excluding hydrogens is 491 g/mol. The van der Waals surface area contributed by atoms with Crippen LogP contribution in [-0.2, 0) is 17.4 Å². The van der Waals surface area contributed by atoms with Gasteiger partial charge in [0.2, 0.25) is 0 Å². The summed E-state index contributed by atoms with van der Waals surface area (Å²) in [7, 11) is -2.63. The molecule has 0 spiro atoms. The van der Waals surface area contributed by atoms with Gasteiger partial charge in [0, 0.05) is 41.2 Å². The Kier molecular flexibility index (Phi) is 7.89. The average molecular weight is 524 g/mol. The Morgan fingerprint density at radius 1 is 0.829 bits per heavy atom. The molecule has 1 aromatic heterocycles. The Hall–Kier alpha value is -2.34. The van der Waals surface area contributed by atoms with Crippen LogP contribution in [0.5, 0.6) is 0 Å². The predicted octanol–water partition coefficient (Wildman–Crippen LogP) is 6.57. The van der Waals surface area contributed by atoms with Gasteiger partial charge in [-0.1, -0.05) is 111 Å². The molecule has 0 fully saturated rings. The smallest absolute Gasteiger partial charge is 0.261 e. The van der Waals surface area contributed by atoms with Crippen LogP contribution >= 0.6 is 23.2 Å². The highest BCUT2D eigenvalue weighted by molar-refractivity contribution is 6.99. The second-order valence-corrected chi connectivity index (χ2v) is 14.8. The van der Waals surface area contributed by atoms with E-state index in [0.29, 0.717) is 29.6 Å². The monoisotopic (exact) mass is 522 g/mol. The minimum Gasteiger partial charge on any atom is -0.407 e. The van der Waals surface area contributed by atoms with Crippen LogP contribution in [0.1, 0.15) is 32.0 Å². The standard InChI is InChI=1S/C29H32Cl2N2OSi/c1-29(2,3)35(21-10-6-4-7-11-21,22-12-8-5-9-13-22)34-19-17-25-26(30)15-14-24(28(25)31)23-16-18-33-27(23)20-32/h4-16,18,33H,17,19-20,32H2,1-3H3. The van der Waals surface area contributed by atoms with Gasteiger partial charge in [0.25, 0.3) is 8.32 Å². The molecule has 0 unspecified atom stereocenters. The second-order valence-electron chi connectivity index (χ2n) is 9.72. The molecule has 0 atom stereocenters. The van der Waals surface area contributed by atoms with E-state index in [1.165, 1.54) is 10.4 Å². The number of H-pyrrole nitrogens is 1. The van der Waals surface area contributed by atoms with Gasteiger partial charge in [0.1, 0.15) is 0 Å². The van der Waals surface area contributed by atoms with Crippen LogP contribution in [0.15, 0.2) is 85.1 Å². The van der Waals surface area contributed by atoms with E-state index in [0.717, 1.165) is 22.4 Å². The topological polar surface area (TPSA) is 51.0 Å². The SMILES string of the molecule is CC(C)(C)[Si](OCCc1c(Cl)ccc(-c2cc[nH]c2CN)c1Cl)(c1ccccc1)c1ccccc1.